The first-order chi connectivity index (χ1) is 16.5. The van der Waals surface area contributed by atoms with Crippen molar-refractivity contribution in [3.8, 4) is 5.75 Å². The first kappa shape index (κ1) is 22.2. The topological polar surface area (TPSA) is 55.8 Å². The summed E-state index contributed by atoms with van der Waals surface area (Å²) in [7, 11) is 0. The Morgan fingerprint density at radius 3 is 2.47 bits per heavy atom. The number of carbonyl (C=O) groups excluding carboxylic acids is 2. The minimum Gasteiger partial charge on any atom is -0.489 e. The molecule has 0 N–H and O–H groups in total. The van der Waals surface area contributed by atoms with E-state index >= 15 is 0 Å². The van der Waals surface area contributed by atoms with Gasteiger partial charge in [-0.25, -0.2) is 4.79 Å². The number of benzene rings is 3. The van der Waals surface area contributed by atoms with Crippen LogP contribution < -0.4 is 9.64 Å². The molecule has 0 aromatic heterocycles. The van der Waals surface area contributed by atoms with Crippen LogP contribution in [0.5, 0.6) is 5.75 Å². The van der Waals surface area contributed by atoms with Crippen LogP contribution in [0.1, 0.15) is 36.0 Å². The summed E-state index contributed by atoms with van der Waals surface area (Å²) in [6.07, 6.45) is 1.12. The molecule has 3 aromatic rings. The Hall–Kier alpha value is -3.57. The lowest BCUT2D eigenvalue weighted by atomic mass is 9.84. The molecular weight excluding hydrogens is 450 g/mol. The lowest BCUT2D eigenvalue weighted by Gasteiger charge is -2.32. The zero-order valence-corrected chi connectivity index (χ0v) is 19.5. The van der Waals surface area contributed by atoms with E-state index in [1.54, 1.807) is 4.90 Å². The average Bonchev–Trinajstić information content (AvgIpc) is 3.24. The highest BCUT2D eigenvalue weighted by Gasteiger charge is 2.42. The Balaban J connectivity index is 1.38. The molecule has 1 unspecified atom stereocenters. The summed E-state index contributed by atoms with van der Waals surface area (Å²) < 4.78 is 11.2. The maximum atomic E-state index is 13.2. The van der Waals surface area contributed by atoms with Gasteiger partial charge in [-0.05, 0) is 59.5 Å². The van der Waals surface area contributed by atoms with Gasteiger partial charge in [-0.2, -0.15) is 0 Å². The third-order valence-corrected chi connectivity index (χ3v) is 6.53. The second-order valence-corrected chi connectivity index (χ2v) is 8.87. The van der Waals surface area contributed by atoms with E-state index in [9.17, 15) is 9.59 Å². The van der Waals surface area contributed by atoms with E-state index in [-0.39, 0.29) is 30.8 Å². The number of cyclic esters (lactones) is 1. The Labute approximate surface area is 203 Å². The summed E-state index contributed by atoms with van der Waals surface area (Å²) in [6.45, 7) is 2.59. The van der Waals surface area contributed by atoms with Crippen LogP contribution in [0.2, 0.25) is 5.02 Å². The Morgan fingerprint density at radius 1 is 1.00 bits per heavy atom. The predicted octanol–water partition coefficient (Wildman–Crippen LogP) is 5.81. The average molecular weight is 474 g/mol. The highest BCUT2D eigenvalue weighted by Crippen LogP contribution is 2.42. The van der Waals surface area contributed by atoms with Gasteiger partial charge in [0.15, 0.2) is 0 Å². The van der Waals surface area contributed by atoms with Gasteiger partial charge in [0, 0.05) is 23.0 Å². The van der Waals surface area contributed by atoms with E-state index in [2.05, 4.69) is 6.92 Å². The van der Waals surface area contributed by atoms with Crippen molar-refractivity contribution in [3.05, 3.63) is 106 Å². The fourth-order valence-corrected chi connectivity index (χ4v) is 4.72. The minimum atomic E-state index is -0.357. The Bertz CT molecular complexity index is 1260. The highest BCUT2D eigenvalue weighted by atomic mass is 35.5. The molecule has 34 heavy (non-hydrogen) atoms. The van der Waals surface area contributed by atoms with E-state index in [0.717, 1.165) is 23.2 Å². The quantitative estimate of drug-likeness (QED) is 0.424. The second kappa shape index (κ2) is 9.35. The monoisotopic (exact) mass is 473 g/mol. The molecule has 0 bridgehead atoms. The van der Waals surface area contributed by atoms with Gasteiger partial charge >= 0.3 is 5.97 Å². The zero-order valence-electron chi connectivity index (χ0n) is 18.8. The molecule has 1 amide bonds. The van der Waals surface area contributed by atoms with Gasteiger partial charge in [0.25, 0.3) is 0 Å². The van der Waals surface area contributed by atoms with Crippen LogP contribution in [0.3, 0.4) is 0 Å². The van der Waals surface area contributed by atoms with Gasteiger partial charge in [0.2, 0.25) is 5.91 Å². The van der Waals surface area contributed by atoms with E-state index in [1.807, 2.05) is 72.8 Å². The molecular formula is C28H24ClNO4. The molecule has 0 radical (unpaired) electrons. The summed E-state index contributed by atoms with van der Waals surface area (Å²) in [4.78, 5) is 27.5. The highest BCUT2D eigenvalue weighted by molar-refractivity contribution is 6.30. The van der Waals surface area contributed by atoms with Crippen LogP contribution >= 0.6 is 11.6 Å². The second-order valence-electron chi connectivity index (χ2n) is 8.43. The lowest BCUT2D eigenvalue weighted by molar-refractivity contribution is -0.136. The van der Waals surface area contributed by atoms with Crippen LogP contribution in [-0.2, 0) is 27.4 Å². The van der Waals surface area contributed by atoms with Crippen LogP contribution in [0, 0.1) is 0 Å². The minimum absolute atomic E-state index is 0.0485. The number of nitrogens with zero attached hydrogens (tertiary/aromatic N) is 1. The predicted molar refractivity (Wildman–Crippen MR) is 131 cm³/mol. The number of ether oxygens (including phenoxy) is 2. The molecule has 0 aliphatic carbocycles. The smallest absolute Gasteiger partial charge is 0.336 e. The number of hydrogen-bond acceptors (Lipinski definition) is 4. The Kier molecular flexibility index (Phi) is 6.12. The van der Waals surface area contributed by atoms with E-state index in [0.29, 0.717) is 28.6 Å². The molecule has 0 spiro atoms. The van der Waals surface area contributed by atoms with Crippen LogP contribution in [0.15, 0.2) is 84.1 Å². The summed E-state index contributed by atoms with van der Waals surface area (Å²) in [6, 6.07) is 22.9. The summed E-state index contributed by atoms with van der Waals surface area (Å²) in [5.41, 5.74) is 5.01. The van der Waals surface area contributed by atoms with Gasteiger partial charge in [-0.15, -0.1) is 0 Å². The van der Waals surface area contributed by atoms with Gasteiger partial charge in [-0.1, -0.05) is 54.9 Å². The summed E-state index contributed by atoms with van der Waals surface area (Å²) >= 11 is 6.04. The van der Waals surface area contributed by atoms with Gasteiger partial charge in [0.1, 0.15) is 19.0 Å². The Morgan fingerprint density at radius 2 is 1.76 bits per heavy atom. The van der Waals surface area contributed by atoms with Crippen molar-refractivity contribution in [3.63, 3.8) is 0 Å². The SMILES string of the molecule is CCc1ccc(N2C(=O)CC(c3ccc(OCc4cccc(Cl)c4)cc3)C3=C2COC3=O)cc1. The van der Waals surface area contributed by atoms with E-state index in [1.165, 1.54) is 5.56 Å². The standard InChI is InChI=1S/C28H24ClNO4/c1-2-18-6-10-22(11-7-18)30-25-17-34-28(32)27(25)24(15-26(30)31)20-8-12-23(13-9-20)33-16-19-4-3-5-21(29)14-19/h3-14,24H,2,15-17H2,1H3. The number of hydrogen-bond donors (Lipinski definition) is 0. The van der Waals surface area contributed by atoms with Crippen molar-refractivity contribution in [2.24, 2.45) is 0 Å². The molecule has 0 fully saturated rings. The fraction of sp³-hybridized carbons (Fsp3) is 0.214. The van der Waals surface area contributed by atoms with Crippen molar-refractivity contribution in [1.29, 1.82) is 0 Å². The van der Waals surface area contributed by atoms with Crippen molar-refractivity contribution in [2.75, 3.05) is 11.5 Å². The molecule has 0 saturated carbocycles. The van der Waals surface area contributed by atoms with Crippen molar-refractivity contribution in [2.45, 2.75) is 32.3 Å². The number of aryl methyl sites for hydroxylation is 1. The van der Waals surface area contributed by atoms with E-state index < -0.39 is 0 Å². The molecule has 0 saturated heterocycles. The molecule has 2 aliphatic heterocycles. The molecule has 5 nitrogen and oxygen atoms in total. The van der Waals surface area contributed by atoms with Crippen molar-refractivity contribution >= 4 is 29.2 Å². The summed E-state index contributed by atoms with van der Waals surface area (Å²) in [5.74, 6) is -0.0473. The van der Waals surface area contributed by atoms with Gasteiger partial charge < -0.3 is 9.47 Å². The molecule has 1 atom stereocenters. The fourth-order valence-electron chi connectivity index (χ4n) is 4.51. The number of rotatable bonds is 6. The van der Waals surface area contributed by atoms with Crippen LogP contribution in [0.4, 0.5) is 5.69 Å². The number of anilines is 1. The number of esters is 1. The largest absolute Gasteiger partial charge is 0.489 e. The number of halogens is 1. The van der Waals surface area contributed by atoms with Crippen LogP contribution in [-0.4, -0.2) is 18.5 Å². The first-order valence-electron chi connectivity index (χ1n) is 11.3. The molecule has 6 heteroatoms. The van der Waals surface area contributed by atoms with Crippen LogP contribution in [0.25, 0.3) is 0 Å². The lowest BCUT2D eigenvalue weighted by Crippen LogP contribution is -2.37. The summed E-state index contributed by atoms with van der Waals surface area (Å²) in [5, 5.41) is 0.668. The molecule has 2 aliphatic rings. The molecule has 172 valence electrons. The number of amides is 1. The third kappa shape index (κ3) is 4.31. The molecule has 5 rings (SSSR count). The van der Waals surface area contributed by atoms with Gasteiger partial charge in [0.05, 0.1) is 11.3 Å². The normalized spacial score (nSPS) is 17.6. The maximum absolute atomic E-state index is 13.2. The molecule has 3 aromatic carbocycles. The van der Waals surface area contributed by atoms with Gasteiger partial charge in [-0.3, -0.25) is 9.69 Å². The first-order valence-corrected chi connectivity index (χ1v) is 11.7. The van der Waals surface area contributed by atoms with E-state index in [4.69, 9.17) is 21.1 Å². The zero-order chi connectivity index (χ0) is 23.7. The maximum Gasteiger partial charge on any atom is 0.336 e. The number of carbonyl (C=O) groups is 2. The van der Waals surface area contributed by atoms with Crippen molar-refractivity contribution < 1.29 is 19.1 Å². The van der Waals surface area contributed by atoms with Crippen molar-refractivity contribution in [1.82, 2.24) is 0 Å². The molecule has 2 heterocycles. The third-order valence-electron chi connectivity index (χ3n) is 6.30.